The minimum atomic E-state index is 0.661. The first-order valence-corrected chi connectivity index (χ1v) is 5.54. The van der Waals surface area contributed by atoms with E-state index in [-0.39, 0.29) is 0 Å². The van der Waals surface area contributed by atoms with Gasteiger partial charge >= 0.3 is 0 Å². The van der Waals surface area contributed by atoms with E-state index < -0.39 is 0 Å². The standard InChI is InChI=1S/C11H12BrN3O/c1-15-11(10(13)6-14-15)8-4-3-7(16-2)5-9(8)12/h3-6H,13H2,1-2H3. The number of halogens is 1. The number of rotatable bonds is 2. The highest BCUT2D eigenvalue weighted by Crippen LogP contribution is 2.33. The maximum absolute atomic E-state index is 5.88. The zero-order valence-electron chi connectivity index (χ0n) is 9.07. The molecule has 0 aliphatic rings. The van der Waals surface area contributed by atoms with E-state index >= 15 is 0 Å². The Bertz CT molecular complexity index is 502. The maximum atomic E-state index is 5.88. The molecule has 0 amide bonds. The molecule has 0 aliphatic heterocycles. The van der Waals surface area contributed by atoms with Crippen LogP contribution >= 0.6 is 15.9 Å². The first-order chi connectivity index (χ1) is 7.63. The highest BCUT2D eigenvalue weighted by atomic mass is 79.9. The second kappa shape index (κ2) is 4.17. The van der Waals surface area contributed by atoms with Crippen molar-refractivity contribution in [1.82, 2.24) is 9.78 Å². The fourth-order valence-electron chi connectivity index (χ4n) is 1.60. The van der Waals surface area contributed by atoms with E-state index in [1.54, 1.807) is 18.0 Å². The summed E-state index contributed by atoms with van der Waals surface area (Å²) >= 11 is 3.50. The molecule has 0 unspecified atom stereocenters. The Morgan fingerprint density at radius 2 is 2.19 bits per heavy atom. The summed E-state index contributed by atoms with van der Waals surface area (Å²) < 4.78 is 7.83. The minimum absolute atomic E-state index is 0.661. The topological polar surface area (TPSA) is 53.1 Å². The van der Waals surface area contributed by atoms with Crippen molar-refractivity contribution in [3.05, 3.63) is 28.9 Å². The molecule has 1 aromatic heterocycles. The van der Waals surface area contributed by atoms with Gasteiger partial charge in [0, 0.05) is 17.1 Å². The highest BCUT2D eigenvalue weighted by molar-refractivity contribution is 9.10. The third kappa shape index (κ3) is 1.78. The van der Waals surface area contributed by atoms with Gasteiger partial charge in [-0.25, -0.2) is 0 Å². The van der Waals surface area contributed by atoms with Crippen molar-refractivity contribution < 1.29 is 4.74 Å². The van der Waals surface area contributed by atoms with E-state index in [0.29, 0.717) is 5.69 Å². The molecule has 0 saturated carbocycles. The molecule has 0 radical (unpaired) electrons. The summed E-state index contributed by atoms with van der Waals surface area (Å²) in [5.74, 6) is 0.802. The van der Waals surface area contributed by atoms with Gasteiger partial charge in [-0.1, -0.05) is 0 Å². The number of nitrogen functional groups attached to an aromatic ring is 1. The second-order valence-electron chi connectivity index (χ2n) is 3.42. The predicted molar refractivity (Wildman–Crippen MR) is 67.3 cm³/mol. The number of aromatic nitrogens is 2. The monoisotopic (exact) mass is 281 g/mol. The number of nitrogens with zero attached hydrogens (tertiary/aromatic N) is 2. The van der Waals surface area contributed by atoms with Crippen molar-refractivity contribution in [3.63, 3.8) is 0 Å². The third-order valence-electron chi connectivity index (χ3n) is 2.40. The first-order valence-electron chi connectivity index (χ1n) is 4.75. The van der Waals surface area contributed by atoms with Crippen molar-refractivity contribution in [2.75, 3.05) is 12.8 Å². The van der Waals surface area contributed by atoms with E-state index in [0.717, 1.165) is 21.5 Å². The molecular formula is C11H12BrN3O. The minimum Gasteiger partial charge on any atom is -0.497 e. The summed E-state index contributed by atoms with van der Waals surface area (Å²) in [5, 5.41) is 4.12. The summed E-state index contributed by atoms with van der Waals surface area (Å²) in [6.45, 7) is 0. The Kier molecular flexibility index (Phi) is 2.87. The van der Waals surface area contributed by atoms with Crippen LogP contribution in [0, 0.1) is 0 Å². The van der Waals surface area contributed by atoms with Crippen molar-refractivity contribution >= 4 is 21.6 Å². The quantitative estimate of drug-likeness (QED) is 0.920. The fraction of sp³-hybridized carbons (Fsp3) is 0.182. The SMILES string of the molecule is COc1ccc(-c2c(N)cnn2C)c(Br)c1. The van der Waals surface area contributed by atoms with Crippen molar-refractivity contribution in [3.8, 4) is 17.0 Å². The molecule has 84 valence electrons. The van der Waals surface area contributed by atoms with E-state index in [1.165, 1.54) is 0 Å². The van der Waals surface area contributed by atoms with Gasteiger partial charge in [-0.15, -0.1) is 0 Å². The van der Waals surface area contributed by atoms with Crippen molar-refractivity contribution in [2.24, 2.45) is 7.05 Å². The lowest BCUT2D eigenvalue weighted by molar-refractivity contribution is 0.414. The number of nitrogens with two attached hydrogens (primary N) is 1. The Hall–Kier alpha value is -1.49. The van der Waals surface area contributed by atoms with Crippen LogP contribution in [0.4, 0.5) is 5.69 Å². The molecule has 1 heterocycles. The molecular weight excluding hydrogens is 270 g/mol. The summed E-state index contributed by atoms with van der Waals surface area (Å²) in [7, 11) is 3.50. The molecule has 2 N–H and O–H groups in total. The summed E-state index contributed by atoms with van der Waals surface area (Å²) in [6.07, 6.45) is 1.64. The average Bonchev–Trinajstić information content (AvgIpc) is 2.59. The molecule has 2 aromatic rings. The van der Waals surface area contributed by atoms with Gasteiger partial charge in [-0.2, -0.15) is 5.10 Å². The molecule has 1 aromatic carbocycles. The van der Waals surface area contributed by atoms with Crippen LogP contribution in [0.3, 0.4) is 0 Å². The number of hydrogen-bond acceptors (Lipinski definition) is 3. The van der Waals surface area contributed by atoms with Gasteiger partial charge in [0.25, 0.3) is 0 Å². The molecule has 0 saturated heterocycles. The first kappa shape index (κ1) is 11.0. The van der Waals surface area contributed by atoms with Gasteiger partial charge in [0.1, 0.15) is 5.75 Å². The van der Waals surface area contributed by atoms with Crippen LogP contribution in [0.5, 0.6) is 5.75 Å². The molecule has 4 nitrogen and oxygen atoms in total. The Balaban J connectivity index is 2.57. The Labute approximate surface area is 102 Å². The second-order valence-corrected chi connectivity index (χ2v) is 4.27. The van der Waals surface area contributed by atoms with E-state index in [1.807, 2.05) is 25.2 Å². The molecule has 5 heteroatoms. The van der Waals surface area contributed by atoms with Gasteiger partial charge in [-0.3, -0.25) is 4.68 Å². The Morgan fingerprint density at radius 1 is 1.44 bits per heavy atom. The molecule has 0 aliphatic carbocycles. The van der Waals surface area contributed by atoms with Gasteiger partial charge < -0.3 is 10.5 Å². The van der Waals surface area contributed by atoms with E-state index in [2.05, 4.69) is 21.0 Å². The van der Waals surface area contributed by atoms with Crippen LogP contribution in [0.2, 0.25) is 0 Å². The van der Waals surface area contributed by atoms with Crippen LogP contribution in [-0.4, -0.2) is 16.9 Å². The van der Waals surface area contributed by atoms with Gasteiger partial charge in [0.15, 0.2) is 0 Å². The van der Waals surface area contributed by atoms with Gasteiger partial charge in [0.2, 0.25) is 0 Å². The molecule has 16 heavy (non-hydrogen) atoms. The van der Waals surface area contributed by atoms with E-state index in [9.17, 15) is 0 Å². The number of anilines is 1. The lowest BCUT2D eigenvalue weighted by atomic mass is 10.1. The smallest absolute Gasteiger partial charge is 0.120 e. The number of methoxy groups -OCH3 is 1. The number of hydrogen-bond donors (Lipinski definition) is 1. The molecule has 0 fully saturated rings. The third-order valence-corrected chi connectivity index (χ3v) is 3.05. The highest BCUT2D eigenvalue weighted by Gasteiger charge is 2.12. The molecule has 0 atom stereocenters. The molecule has 2 rings (SSSR count). The largest absolute Gasteiger partial charge is 0.497 e. The van der Waals surface area contributed by atoms with E-state index in [4.69, 9.17) is 10.5 Å². The Morgan fingerprint density at radius 3 is 2.69 bits per heavy atom. The average molecular weight is 282 g/mol. The van der Waals surface area contributed by atoms with Crippen molar-refractivity contribution in [2.45, 2.75) is 0 Å². The number of aryl methyl sites for hydroxylation is 1. The van der Waals surface area contributed by atoms with Crippen LogP contribution in [0.15, 0.2) is 28.9 Å². The zero-order valence-corrected chi connectivity index (χ0v) is 10.7. The predicted octanol–water partition coefficient (Wildman–Crippen LogP) is 2.44. The van der Waals surface area contributed by atoms with Crippen molar-refractivity contribution in [1.29, 1.82) is 0 Å². The maximum Gasteiger partial charge on any atom is 0.120 e. The van der Waals surface area contributed by atoms with Crippen LogP contribution < -0.4 is 10.5 Å². The van der Waals surface area contributed by atoms with Crippen LogP contribution in [0.1, 0.15) is 0 Å². The molecule has 0 bridgehead atoms. The summed E-state index contributed by atoms with van der Waals surface area (Å²) in [5.41, 5.74) is 8.43. The lowest BCUT2D eigenvalue weighted by Crippen LogP contribution is -1.96. The molecule has 0 spiro atoms. The zero-order chi connectivity index (χ0) is 11.7. The fourth-order valence-corrected chi connectivity index (χ4v) is 2.14. The number of benzene rings is 1. The summed E-state index contributed by atoms with van der Waals surface area (Å²) in [4.78, 5) is 0. The van der Waals surface area contributed by atoms with Gasteiger partial charge in [-0.05, 0) is 34.1 Å². The lowest BCUT2D eigenvalue weighted by Gasteiger charge is -2.08. The number of ether oxygens (including phenoxy) is 1. The summed E-state index contributed by atoms with van der Waals surface area (Å²) in [6, 6.07) is 5.75. The van der Waals surface area contributed by atoms with Crippen LogP contribution in [0.25, 0.3) is 11.3 Å². The van der Waals surface area contributed by atoms with Crippen LogP contribution in [-0.2, 0) is 7.05 Å². The normalized spacial score (nSPS) is 10.4. The van der Waals surface area contributed by atoms with Gasteiger partial charge in [0.05, 0.1) is 24.7 Å².